The van der Waals surface area contributed by atoms with E-state index in [1.807, 2.05) is 19.9 Å². The minimum atomic E-state index is -0.460. The Labute approximate surface area is 108 Å². The van der Waals surface area contributed by atoms with Gasteiger partial charge in [-0.25, -0.2) is 4.98 Å². The quantitative estimate of drug-likeness (QED) is 0.793. The normalized spacial score (nSPS) is 13.8. The first kappa shape index (κ1) is 14.4. The summed E-state index contributed by atoms with van der Waals surface area (Å²) in [5.74, 6) is 0.588. The molecule has 1 unspecified atom stereocenters. The number of rotatable bonds is 6. The van der Waals surface area contributed by atoms with Gasteiger partial charge >= 0.3 is 0 Å². The number of aromatic nitrogens is 1. The van der Waals surface area contributed by atoms with Gasteiger partial charge in [-0.15, -0.1) is 0 Å². The highest BCUT2D eigenvalue weighted by Gasteiger charge is 2.18. The van der Waals surface area contributed by atoms with Crippen molar-refractivity contribution < 1.29 is 9.53 Å². The molecule has 0 aliphatic carbocycles. The largest absolute Gasteiger partial charge is 0.481 e. The summed E-state index contributed by atoms with van der Waals surface area (Å²) < 4.78 is 5.02. The third kappa shape index (κ3) is 4.00. The zero-order chi connectivity index (χ0) is 13.5. The SMILES string of the molecule is CCC(C)[C@H](N)C(=O)NCc1ccnc(OC)c1. The number of carbonyl (C=O) groups excluding carboxylic acids is 1. The van der Waals surface area contributed by atoms with Gasteiger partial charge in [-0.1, -0.05) is 20.3 Å². The van der Waals surface area contributed by atoms with E-state index in [2.05, 4.69) is 10.3 Å². The fourth-order valence-electron chi connectivity index (χ4n) is 1.49. The molecule has 1 aromatic rings. The van der Waals surface area contributed by atoms with Gasteiger partial charge in [0.05, 0.1) is 13.2 Å². The van der Waals surface area contributed by atoms with Crippen LogP contribution >= 0.6 is 0 Å². The van der Waals surface area contributed by atoms with Crippen LogP contribution in [0.5, 0.6) is 5.88 Å². The van der Waals surface area contributed by atoms with E-state index in [1.54, 1.807) is 19.4 Å². The number of nitrogens with two attached hydrogens (primary N) is 1. The predicted octanol–water partition coefficient (Wildman–Crippen LogP) is 1.08. The fourth-order valence-corrected chi connectivity index (χ4v) is 1.49. The van der Waals surface area contributed by atoms with Crippen molar-refractivity contribution in [1.82, 2.24) is 10.3 Å². The number of pyridine rings is 1. The molecule has 0 saturated carbocycles. The van der Waals surface area contributed by atoms with Gasteiger partial charge in [0.15, 0.2) is 0 Å². The van der Waals surface area contributed by atoms with Crippen LogP contribution in [0, 0.1) is 5.92 Å². The minimum Gasteiger partial charge on any atom is -0.481 e. The fraction of sp³-hybridized carbons (Fsp3) is 0.538. The van der Waals surface area contributed by atoms with Gasteiger partial charge in [-0.2, -0.15) is 0 Å². The van der Waals surface area contributed by atoms with Crippen LogP contribution < -0.4 is 15.8 Å². The molecule has 3 N–H and O–H groups in total. The average Bonchev–Trinajstić information content (AvgIpc) is 2.43. The van der Waals surface area contributed by atoms with Crippen molar-refractivity contribution in [2.45, 2.75) is 32.9 Å². The number of nitrogens with zero attached hydrogens (tertiary/aromatic N) is 1. The zero-order valence-electron chi connectivity index (χ0n) is 11.1. The van der Waals surface area contributed by atoms with Gasteiger partial charge in [0, 0.05) is 18.8 Å². The number of carbonyl (C=O) groups is 1. The second kappa shape index (κ2) is 6.96. The van der Waals surface area contributed by atoms with Gasteiger partial charge in [-0.05, 0) is 17.5 Å². The Bertz CT molecular complexity index is 396. The highest BCUT2D eigenvalue weighted by molar-refractivity contribution is 5.81. The molecule has 1 amide bonds. The van der Waals surface area contributed by atoms with E-state index >= 15 is 0 Å². The summed E-state index contributed by atoms with van der Waals surface area (Å²) in [5.41, 5.74) is 6.78. The maximum Gasteiger partial charge on any atom is 0.237 e. The van der Waals surface area contributed by atoms with Crippen molar-refractivity contribution in [1.29, 1.82) is 0 Å². The first-order valence-electron chi connectivity index (χ1n) is 6.10. The molecule has 2 atom stereocenters. The van der Waals surface area contributed by atoms with Crippen molar-refractivity contribution in [3.8, 4) is 5.88 Å². The molecule has 18 heavy (non-hydrogen) atoms. The summed E-state index contributed by atoms with van der Waals surface area (Å²) in [7, 11) is 1.56. The van der Waals surface area contributed by atoms with Gasteiger partial charge in [0.1, 0.15) is 0 Å². The van der Waals surface area contributed by atoms with E-state index in [4.69, 9.17) is 10.5 Å². The molecular weight excluding hydrogens is 230 g/mol. The van der Waals surface area contributed by atoms with E-state index in [0.717, 1.165) is 12.0 Å². The lowest BCUT2D eigenvalue weighted by atomic mass is 9.99. The van der Waals surface area contributed by atoms with Crippen molar-refractivity contribution in [3.05, 3.63) is 23.9 Å². The van der Waals surface area contributed by atoms with Crippen LogP contribution in [0.1, 0.15) is 25.8 Å². The number of hydrogen-bond acceptors (Lipinski definition) is 4. The Balaban J connectivity index is 2.51. The molecule has 1 aromatic heterocycles. The minimum absolute atomic E-state index is 0.125. The smallest absolute Gasteiger partial charge is 0.237 e. The molecule has 100 valence electrons. The molecule has 1 heterocycles. The first-order valence-corrected chi connectivity index (χ1v) is 6.10. The summed E-state index contributed by atoms with van der Waals surface area (Å²) >= 11 is 0. The van der Waals surface area contributed by atoms with E-state index in [0.29, 0.717) is 12.4 Å². The molecule has 0 saturated heterocycles. The van der Waals surface area contributed by atoms with Crippen molar-refractivity contribution in [2.75, 3.05) is 7.11 Å². The highest BCUT2D eigenvalue weighted by Crippen LogP contribution is 2.09. The Morgan fingerprint density at radius 3 is 2.94 bits per heavy atom. The molecule has 0 aromatic carbocycles. The monoisotopic (exact) mass is 251 g/mol. The lowest BCUT2D eigenvalue weighted by Crippen LogP contribution is -2.44. The number of ether oxygens (including phenoxy) is 1. The molecule has 0 spiro atoms. The van der Waals surface area contributed by atoms with Crippen LogP contribution in [0.4, 0.5) is 0 Å². The predicted molar refractivity (Wildman–Crippen MR) is 70.1 cm³/mol. The maximum absolute atomic E-state index is 11.8. The molecule has 5 heteroatoms. The summed E-state index contributed by atoms with van der Waals surface area (Å²) in [5, 5.41) is 2.82. The number of nitrogens with one attached hydrogen (secondary N) is 1. The van der Waals surface area contributed by atoms with Crippen LogP contribution in [0.25, 0.3) is 0 Å². The molecule has 5 nitrogen and oxygen atoms in total. The third-order valence-corrected chi connectivity index (χ3v) is 3.03. The summed E-state index contributed by atoms with van der Waals surface area (Å²) in [4.78, 5) is 15.8. The van der Waals surface area contributed by atoms with Gasteiger partial charge in [-0.3, -0.25) is 4.79 Å². The standard InChI is InChI=1S/C13H21N3O2/c1-4-9(2)12(14)13(17)16-8-10-5-6-15-11(7-10)18-3/h5-7,9,12H,4,8,14H2,1-3H3,(H,16,17)/t9?,12-/m0/s1. The average molecular weight is 251 g/mol. The Hall–Kier alpha value is -1.62. The molecule has 0 aliphatic rings. The number of methoxy groups -OCH3 is 1. The molecule has 1 rings (SSSR count). The van der Waals surface area contributed by atoms with Crippen LogP contribution in [-0.2, 0) is 11.3 Å². The lowest BCUT2D eigenvalue weighted by molar-refractivity contribution is -0.123. The Morgan fingerprint density at radius 1 is 1.61 bits per heavy atom. The van der Waals surface area contributed by atoms with E-state index in [-0.39, 0.29) is 11.8 Å². The van der Waals surface area contributed by atoms with Crippen LogP contribution in [0.3, 0.4) is 0 Å². The molecule has 0 aliphatic heterocycles. The summed E-state index contributed by atoms with van der Waals surface area (Å²) in [6.45, 7) is 4.42. The highest BCUT2D eigenvalue weighted by atomic mass is 16.5. The summed E-state index contributed by atoms with van der Waals surface area (Å²) in [6, 6.07) is 3.16. The van der Waals surface area contributed by atoms with Gasteiger partial charge < -0.3 is 15.8 Å². The molecule has 0 bridgehead atoms. The van der Waals surface area contributed by atoms with Crippen molar-refractivity contribution in [2.24, 2.45) is 11.7 Å². The Morgan fingerprint density at radius 2 is 2.33 bits per heavy atom. The van der Waals surface area contributed by atoms with Crippen LogP contribution in [0.15, 0.2) is 18.3 Å². The molecular formula is C13H21N3O2. The van der Waals surface area contributed by atoms with Crippen LogP contribution in [0.2, 0.25) is 0 Å². The molecule has 0 radical (unpaired) electrons. The number of amides is 1. The van der Waals surface area contributed by atoms with Crippen molar-refractivity contribution in [3.63, 3.8) is 0 Å². The number of hydrogen-bond donors (Lipinski definition) is 2. The third-order valence-electron chi connectivity index (χ3n) is 3.03. The van der Waals surface area contributed by atoms with Crippen LogP contribution in [-0.4, -0.2) is 24.0 Å². The molecule has 0 fully saturated rings. The second-order valence-electron chi connectivity index (χ2n) is 4.34. The zero-order valence-corrected chi connectivity index (χ0v) is 11.1. The van der Waals surface area contributed by atoms with E-state index in [1.165, 1.54) is 0 Å². The first-order chi connectivity index (χ1) is 8.58. The second-order valence-corrected chi connectivity index (χ2v) is 4.34. The lowest BCUT2D eigenvalue weighted by Gasteiger charge is -2.17. The maximum atomic E-state index is 11.8. The summed E-state index contributed by atoms with van der Waals surface area (Å²) in [6.07, 6.45) is 2.53. The Kier molecular flexibility index (Phi) is 5.58. The van der Waals surface area contributed by atoms with Gasteiger partial charge in [0.25, 0.3) is 0 Å². The van der Waals surface area contributed by atoms with Crippen molar-refractivity contribution >= 4 is 5.91 Å². The topological polar surface area (TPSA) is 77.2 Å². The van der Waals surface area contributed by atoms with E-state index in [9.17, 15) is 4.79 Å². The van der Waals surface area contributed by atoms with E-state index < -0.39 is 6.04 Å². The van der Waals surface area contributed by atoms with Gasteiger partial charge in [0.2, 0.25) is 11.8 Å².